The number of rotatable bonds is 3. The number of aromatic nitrogens is 3. The van der Waals surface area contributed by atoms with Crippen molar-refractivity contribution in [3.05, 3.63) is 60.9 Å². The van der Waals surface area contributed by atoms with Gasteiger partial charge in [-0.1, -0.05) is 42.1 Å². The minimum absolute atomic E-state index is 0.660. The van der Waals surface area contributed by atoms with Gasteiger partial charge in [-0.25, -0.2) is 9.97 Å². The van der Waals surface area contributed by atoms with Crippen molar-refractivity contribution in [1.29, 1.82) is 0 Å². The van der Waals surface area contributed by atoms with E-state index in [1.165, 1.54) is 0 Å². The highest BCUT2D eigenvalue weighted by molar-refractivity contribution is 7.99. The monoisotopic (exact) mass is 350 g/mol. The van der Waals surface area contributed by atoms with Crippen LogP contribution in [-0.4, -0.2) is 15.0 Å². The number of nitrogens with one attached hydrogen (secondary N) is 1. The molecule has 0 spiro atoms. The third kappa shape index (κ3) is 2.86. The highest BCUT2D eigenvalue weighted by Gasteiger charge is 2.11. The third-order valence-electron chi connectivity index (χ3n) is 3.69. The quantitative estimate of drug-likeness (QED) is 0.286. The molecule has 0 atom stereocenters. The smallest absolute Gasteiger partial charge is 0.142 e. The van der Waals surface area contributed by atoms with Crippen LogP contribution in [0.5, 0.6) is 0 Å². The number of anilines is 1. The number of benzene rings is 2. The summed E-state index contributed by atoms with van der Waals surface area (Å²) in [5.41, 5.74) is 9.57. The molecule has 4 aromatic rings. The highest BCUT2D eigenvalue weighted by Crippen LogP contribution is 2.35. The second-order valence-corrected chi connectivity index (χ2v) is 6.86. The lowest BCUT2D eigenvalue weighted by Crippen LogP contribution is -1.88. The van der Waals surface area contributed by atoms with Gasteiger partial charge in [-0.2, -0.15) is 0 Å². The number of nitrogens with two attached hydrogens (primary N) is 1. The van der Waals surface area contributed by atoms with Crippen molar-refractivity contribution in [2.45, 2.75) is 14.8 Å². The molecule has 0 amide bonds. The first kappa shape index (κ1) is 15.1. The average molecular weight is 350 g/mol. The fourth-order valence-corrected chi connectivity index (χ4v) is 3.53. The Bertz CT molecular complexity index is 1010. The van der Waals surface area contributed by atoms with Crippen molar-refractivity contribution in [2.24, 2.45) is 0 Å². The first-order chi connectivity index (χ1) is 11.7. The van der Waals surface area contributed by atoms with E-state index in [2.05, 4.69) is 45.8 Å². The summed E-state index contributed by atoms with van der Waals surface area (Å²) in [7, 11) is 0. The Hall–Kier alpha value is -2.44. The van der Waals surface area contributed by atoms with Crippen molar-refractivity contribution in [2.75, 3.05) is 5.73 Å². The van der Waals surface area contributed by atoms with E-state index >= 15 is 0 Å². The molecular weight excluding hydrogens is 336 g/mol. The standard InChI is InChI=1S/C18H14N4S2/c19-14-8-12(6-7-16(14)23)24-18-13-9-15(11-4-2-1-3-5-11)22-17(13)20-10-21-18/h1-10,23H,19H2,(H,20,21,22). The summed E-state index contributed by atoms with van der Waals surface area (Å²) in [5, 5.41) is 1.89. The number of hydrogen-bond acceptors (Lipinski definition) is 5. The number of nitrogen functional groups attached to an aromatic ring is 1. The topological polar surface area (TPSA) is 67.6 Å². The van der Waals surface area contributed by atoms with Gasteiger partial charge in [0.05, 0.1) is 5.39 Å². The van der Waals surface area contributed by atoms with Crippen molar-refractivity contribution < 1.29 is 0 Å². The zero-order valence-corrected chi connectivity index (χ0v) is 14.3. The third-order valence-corrected chi connectivity index (χ3v) is 5.10. The number of nitrogens with zero attached hydrogens (tertiary/aromatic N) is 2. The Labute approximate surface area is 148 Å². The highest BCUT2D eigenvalue weighted by atomic mass is 32.2. The number of thiol groups is 1. The van der Waals surface area contributed by atoms with Crippen molar-refractivity contribution in [3.8, 4) is 11.3 Å². The average Bonchev–Trinajstić information content (AvgIpc) is 3.04. The minimum atomic E-state index is 0.660. The summed E-state index contributed by atoms with van der Waals surface area (Å²) < 4.78 is 0. The first-order valence-corrected chi connectivity index (χ1v) is 8.62. The first-order valence-electron chi connectivity index (χ1n) is 7.36. The van der Waals surface area contributed by atoms with Gasteiger partial charge < -0.3 is 10.7 Å². The van der Waals surface area contributed by atoms with Gasteiger partial charge in [0.25, 0.3) is 0 Å². The van der Waals surface area contributed by atoms with Crippen LogP contribution in [0.1, 0.15) is 0 Å². The molecule has 2 aromatic heterocycles. The van der Waals surface area contributed by atoms with Crippen LogP contribution < -0.4 is 5.73 Å². The largest absolute Gasteiger partial charge is 0.398 e. The summed E-state index contributed by atoms with van der Waals surface area (Å²) in [4.78, 5) is 13.9. The van der Waals surface area contributed by atoms with Gasteiger partial charge in [-0.15, -0.1) is 12.6 Å². The van der Waals surface area contributed by atoms with Gasteiger partial charge in [0.1, 0.15) is 17.0 Å². The summed E-state index contributed by atoms with van der Waals surface area (Å²) in [5.74, 6) is 0. The molecule has 4 nitrogen and oxygen atoms in total. The molecule has 4 rings (SSSR count). The maximum Gasteiger partial charge on any atom is 0.142 e. The number of fused-ring (bicyclic) bond motifs is 1. The summed E-state index contributed by atoms with van der Waals surface area (Å²) in [6, 6.07) is 18.0. The second kappa shape index (κ2) is 6.22. The Morgan fingerprint density at radius 1 is 1.00 bits per heavy atom. The molecule has 24 heavy (non-hydrogen) atoms. The van der Waals surface area contributed by atoms with E-state index in [-0.39, 0.29) is 0 Å². The van der Waals surface area contributed by atoms with Crippen molar-refractivity contribution in [1.82, 2.24) is 15.0 Å². The SMILES string of the molecule is Nc1cc(Sc2ncnc3[nH]c(-c4ccccc4)cc23)ccc1S. The second-order valence-electron chi connectivity index (χ2n) is 5.31. The minimum Gasteiger partial charge on any atom is -0.398 e. The molecule has 0 saturated carbocycles. The molecule has 3 N–H and O–H groups in total. The van der Waals surface area contributed by atoms with Gasteiger partial charge in [-0.05, 0) is 29.8 Å². The Kier molecular flexibility index (Phi) is 3.92. The van der Waals surface area contributed by atoms with E-state index in [4.69, 9.17) is 5.73 Å². The Balaban J connectivity index is 1.76. The lowest BCUT2D eigenvalue weighted by Gasteiger charge is -2.04. The van der Waals surface area contributed by atoms with E-state index in [9.17, 15) is 0 Å². The molecule has 0 aliphatic rings. The number of hydrogen-bond donors (Lipinski definition) is 3. The Morgan fingerprint density at radius 3 is 2.62 bits per heavy atom. The predicted molar refractivity (Wildman–Crippen MR) is 102 cm³/mol. The van der Waals surface area contributed by atoms with Crippen molar-refractivity contribution >= 4 is 41.1 Å². The molecule has 118 valence electrons. The molecule has 0 aliphatic heterocycles. The molecule has 0 fully saturated rings. The zero-order chi connectivity index (χ0) is 16.5. The van der Waals surface area contributed by atoms with Crippen LogP contribution in [0.3, 0.4) is 0 Å². The molecule has 6 heteroatoms. The summed E-state index contributed by atoms with van der Waals surface area (Å²) in [6.07, 6.45) is 1.58. The maximum atomic E-state index is 5.94. The summed E-state index contributed by atoms with van der Waals surface area (Å²) >= 11 is 5.87. The molecular formula is C18H14N4S2. The van der Waals surface area contributed by atoms with Gasteiger partial charge in [-0.3, -0.25) is 0 Å². The Morgan fingerprint density at radius 2 is 1.83 bits per heavy atom. The van der Waals surface area contributed by atoms with Crippen LogP contribution >= 0.6 is 24.4 Å². The molecule has 2 heterocycles. The van der Waals surface area contributed by atoms with Crippen LogP contribution in [0.15, 0.2) is 75.7 Å². The van der Waals surface area contributed by atoms with E-state index in [1.807, 2.05) is 36.4 Å². The van der Waals surface area contributed by atoms with Crippen LogP contribution in [0.2, 0.25) is 0 Å². The summed E-state index contributed by atoms with van der Waals surface area (Å²) in [6.45, 7) is 0. The van der Waals surface area contributed by atoms with Crippen LogP contribution in [0.4, 0.5) is 5.69 Å². The lowest BCUT2D eigenvalue weighted by atomic mass is 10.1. The molecule has 0 saturated heterocycles. The molecule has 0 unspecified atom stereocenters. The van der Waals surface area contributed by atoms with E-state index in [0.717, 1.165) is 37.1 Å². The van der Waals surface area contributed by atoms with Gasteiger partial charge >= 0.3 is 0 Å². The fraction of sp³-hybridized carbons (Fsp3) is 0. The van der Waals surface area contributed by atoms with Crippen LogP contribution in [0, 0.1) is 0 Å². The molecule has 0 radical (unpaired) electrons. The van der Waals surface area contributed by atoms with E-state index in [0.29, 0.717) is 5.69 Å². The van der Waals surface area contributed by atoms with Gasteiger partial charge in [0.15, 0.2) is 0 Å². The lowest BCUT2D eigenvalue weighted by molar-refractivity contribution is 1.09. The normalized spacial score (nSPS) is 11.0. The van der Waals surface area contributed by atoms with Crippen LogP contribution in [0.25, 0.3) is 22.3 Å². The van der Waals surface area contributed by atoms with Crippen LogP contribution in [-0.2, 0) is 0 Å². The van der Waals surface area contributed by atoms with E-state index < -0.39 is 0 Å². The van der Waals surface area contributed by atoms with Gasteiger partial charge in [0, 0.05) is 21.2 Å². The fourth-order valence-electron chi connectivity index (χ4n) is 2.48. The molecule has 2 aromatic carbocycles. The van der Waals surface area contributed by atoms with Crippen molar-refractivity contribution in [3.63, 3.8) is 0 Å². The maximum absolute atomic E-state index is 5.94. The number of H-pyrrole nitrogens is 1. The zero-order valence-electron chi connectivity index (χ0n) is 12.6. The predicted octanol–water partition coefficient (Wildman–Crippen LogP) is 4.65. The molecule has 0 bridgehead atoms. The number of aromatic amines is 1. The molecule has 0 aliphatic carbocycles. The van der Waals surface area contributed by atoms with Gasteiger partial charge in [0.2, 0.25) is 0 Å². The van der Waals surface area contributed by atoms with E-state index in [1.54, 1.807) is 18.1 Å².